The van der Waals surface area contributed by atoms with Crippen LogP contribution in [0.4, 0.5) is 5.82 Å². The molecule has 0 fully saturated rings. The summed E-state index contributed by atoms with van der Waals surface area (Å²) >= 11 is 3.32. The van der Waals surface area contributed by atoms with Crippen LogP contribution in [0.15, 0.2) is 16.7 Å². The number of nitrogens with one attached hydrogen (secondary N) is 2. The van der Waals surface area contributed by atoms with E-state index in [4.69, 9.17) is 0 Å². The maximum atomic E-state index is 12.2. The minimum atomic E-state index is -0.953. The van der Waals surface area contributed by atoms with E-state index in [1.807, 2.05) is 13.8 Å². The topological polar surface area (TPSA) is 71.1 Å². The summed E-state index contributed by atoms with van der Waals surface area (Å²) in [6.07, 6.45) is 4.23. The molecule has 0 aromatic carbocycles. The molecule has 0 spiro atoms. The smallest absolute Gasteiger partial charge is 0.255 e. The molecule has 0 aliphatic heterocycles. The number of nitrogens with zero attached hydrogens (tertiary/aromatic N) is 1. The van der Waals surface area contributed by atoms with Gasteiger partial charge in [0.2, 0.25) is 0 Å². The normalized spacial score (nSPS) is 13.6. The number of hydrogen-bond acceptors (Lipinski definition) is 4. The van der Waals surface area contributed by atoms with Crippen LogP contribution in [-0.2, 0) is 10.8 Å². The molecule has 2 N–H and O–H groups in total. The molecule has 1 aromatic heterocycles. The Morgan fingerprint density at radius 3 is 2.85 bits per heavy atom. The van der Waals surface area contributed by atoms with E-state index in [1.54, 1.807) is 18.5 Å². The Morgan fingerprint density at radius 1 is 1.55 bits per heavy atom. The van der Waals surface area contributed by atoms with Crippen LogP contribution in [0.5, 0.6) is 0 Å². The van der Waals surface area contributed by atoms with Crippen LogP contribution in [0.2, 0.25) is 0 Å². The van der Waals surface area contributed by atoms with Crippen LogP contribution in [0.25, 0.3) is 0 Å². The molecule has 2 unspecified atom stereocenters. The van der Waals surface area contributed by atoms with Gasteiger partial charge in [0.05, 0.1) is 5.56 Å². The van der Waals surface area contributed by atoms with Crippen molar-refractivity contribution in [1.29, 1.82) is 0 Å². The summed E-state index contributed by atoms with van der Waals surface area (Å²) in [6.45, 7) is 5.02. The highest BCUT2D eigenvalue weighted by atomic mass is 79.9. The van der Waals surface area contributed by atoms with Gasteiger partial charge in [0, 0.05) is 46.1 Å². The highest BCUT2D eigenvalue weighted by Crippen LogP contribution is 2.18. The summed E-state index contributed by atoms with van der Waals surface area (Å²) < 4.78 is 12.0. The number of carbonyl (C=O) groups excluding carboxylic acids is 1. The van der Waals surface area contributed by atoms with Crippen molar-refractivity contribution in [2.24, 2.45) is 0 Å². The van der Waals surface area contributed by atoms with E-state index in [2.05, 4.69) is 31.5 Å². The third-order valence-corrected chi connectivity index (χ3v) is 4.49. The van der Waals surface area contributed by atoms with Crippen molar-refractivity contribution in [3.8, 4) is 0 Å². The third-order valence-electron chi connectivity index (χ3n) is 2.76. The first-order valence-corrected chi connectivity index (χ1v) is 8.87. The van der Waals surface area contributed by atoms with Crippen LogP contribution in [0, 0.1) is 0 Å². The number of carbonyl (C=O) groups is 1. The summed E-state index contributed by atoms with van der Waals surface area (Å²) in [4.78, 5) is 16.4. The van der Waals surface area contributed by atoms with Gasteiger partial charge in [0.25, 0.3) is 5.91 Å². The molecule has 2 atom stereocenters. The molecule has 112 valence electrons. The van der Waals surface area contributed by atoms with Crippen molar-refractivity contribution < 1.29 is 9.00 Å². The standard InChI is InChI=1S/C13H20BrN3O2S/c1-4-5-15-12-11(6-10(14)8-16-12)13(18)17-7-9(2)20(3)19/h6,8-9H,4-5,7H2,1-3H3,(H,15,16)(H,17,18). The molecule has 1 aromatic rings. The Bertz CT molecular complexity index is 497. The minimum absolute atomic E-state index is 0.0777. The van der Waals surface area contributed by atoms with Crippen LogP contribution >= 0.6 is 15.9 Å². The minimum Gasteiger partial charge on any atom is -0.369 e. The summed E-state index contributed by atoms with van der Waals surface area (Å²) in [6, 6.07) is 1.73. The molecule has 0 aliphatic rings. The first kappa shape index (κ1) is 17.1. The average molecular weight is 362 g/mol. The Morgan fingerprint density at radius 2 is 2.25 bits per heavy atom. The Balaban J connectivity index is 2.79. The fourth-order valence-electron chi connectivity index (χ4n) is 1.45. The molecule has 1 heterocycles. The second-order valence-corrected chi connectivity index (χ2v) is 7.21. The monoisotopic (exact) mass is 361 g/mol. The van der Waals surface area contributed by atoms with Gasteiger partial charge in [-0.15, -0.1) is 0 Å². The lowest BCUT2D eigenvalue weighted by molar-refractivity contribution is 0.0954. The summed E-state index contributed by atoms with van der Waals surface area (Å²) in [5.41, 5.74) is 0.488. The molecule has 0 saturated heterocycles. The first-order valence-electron chi connectivity index (χ1n) is 6.45. The number of amides is 1. The summed E-state index contributed by atoms with van der Waals surface area (Å²) in [5, 5.41) is 5.84. The van der Waals surface area contributed by atoms with E-state index in [1.165, 1.54) is 0 Å². The van der Waals surface area contributed by atoms with Crippen LogP contribution in [0.3, 0.4) is 0 Å². The summed E-state index contributed by atoms with van der Waals surface area (Å²) in [7, 11) is -0.953. The fraction of sp³-hybridized carbons (Fsp3) is 0.538. The van der Waals surface area contributed by atoms with Crippen LogP contribution in [-0.4, -0.2) is 39.7 Å². The van der Waals surface area contributed by atoms with Crippen molar-refractivity contribution in [2.45, 2.75) is 25.5 Å². The maximum absolute atomic E-state index is 12.2. The molecular formula is C13H20BrN3O2S. The van der Waals surface area contributed by atoms with Gasteiger partial charge in [-0.05, 0) is 35.3 Å². The number of aromatic nitrogens is 1. The number of anilines is 1. The molecule has 0 aliphatic carbocycles. The number of rotatable bonds is 7. The van der Waals surface area contributed by atoms with Crippen molar-refractivity contribution in [2.75, 3.05) is 24.7 Å². The van der Waals surface area contributed by atoms with Crippen molar-refractivity contribution in [3.63, 3.8) is 0 Å². The molecule has 0 saturated carbocycles. The third kappa shape index (κ3) is 5.20. The van der Waals surface area contributed by atoms with Gasteiger partial charge in [0.15, 0.2) is 0 Å². The van der Waals surface area contributed by atoms with E-state index in [9.17, 15) is 9.00 Å². The van der Waals surface area contributed by atoms with Crippen LogP contribution in [0.1, 0.15) is 30.6 Å². The number of pyridine rings is 1. The number of hydrogen-bond donors (Lipinski definition) is 2. The van der Waals surface area contributed by atoms with E-state index < -0.39 is 10.8 Å². The van der Waals surface area contributed by atoms with E-state index in [0.29, 0.717) is 17.9 Å². The predicted molar refractivity (Wildman–Crippen MR) is 86.6 cm³/mol. The lowest BCUT2D eigenvalue weighted by Gasteiger charge is -2.13. The predicted octanol–water partition coefficient (Wildman–Crippen LogP) is 2.16. The molecule has 0 bridgehead atoms. The van der Waals surface area contributed by atoms with Crippen molar-refractivity contribution in [1.82, 2.24) is 10.3 Å². The lowest BCUT2D eigenvalue weighted by Crippen LogP contribution is -2.33. The van der Waals surface area contributed by atoms with E-state index in [-0.39, 0.29) is 11.2 Å². The van der Waals surface area contributed by atoms with Gasteiger partial charge in [0.1, 0.15) is 5.82 Å². The molecule has 7 heteroatoms. The second-order valence-electron chi connectivity index (χ2n) is 4.50. The van der Waals surface area contributed by atoms with Crippen LogP contribution < -0.4 is 10.6 Å². The van der Waals surface area contributed by atoms with E-state index in [0.717, 1.165) is 17.4 Å². The van der Waals surface area contributed by atoms with Gasteiger partial charge in [-0.1, -0.05) is 6.92 Å². The molecule has 5 nitrogen and oxygen atoms in total. The van der Waals surface area contributed by atoms with Gasteiger partial charge >= 0.3 is 0 Å². The van der Waals surface area contributed by atoms with Gasteiger partial charge < -0.3 is 10.6 Å². The average Bonchev–Trinajstić information content (AvgIpc) is 2.42. The second kappa shape index (κ2) is 8.36. The van der Waals surface area contributed by atoms with Crippen molar-refractivity contribution in [3.05, 3.63) is 22.3 Å². The van der Waals surface area contributed by atoms with Gasteiger partial charge in [-0.3, -0.25) is 9.00 Å². The molecule has 20 heavy (non-hydrogen) atoms. The zero-order valence-corrected chi connectivity index (χ0v) is 14.3. The quantitative estimate of drug-likeness (QED) is 0.780. The van der Waals surface area contributed by atoms with Crippen molar-refractivity contribution >= 4 is 38.5 Å². The Hall–Kier alpha value is -0.950. The highest BCUT2D eigenvalue weighted by molar-refractivity contribution is 9.10. The molecule has 0 radical (unpaired) electrons. The lowest BCUT2D eigenvalue weighted by atomic mass is 10.2. The molecular weight excluding hydrogens is 342 g/mol. The largest absolute Gasteiger partial charge is 0.369 e. The van der Waals surface area contributed by atoms with Gasteiger partial charge in [-0.2, -0.15) is 0 Å². The zero-order chi connectivity index (χ0) is 15.1. The van der Waals surface area contributed by atoms with E-state index >= 15 is 0 Å². The first-order chi connectivity index (χ1) is 9.45. The summed E-state index contributed by atoms with van der Waals surface area (Å²) in [5.74, 6) is 0.354. The molecule has 1 rings (SSSR count). The highest BCUT2D eigenvalue weighted by Gasteiger charge is 2.15. The fourth-order valence-corrected chi connectivity index (χ4v) is 2.09. The SMILES string of the molecule is CCCNc1ncc(Br)cc1C(=O)NCC(C)S(C)=O. The number of halogens is 1. The van der Waals surface area contributed by atoms with Gasteiger partial charge in [-0.25, -0.2) is 4.98 Å². The Kier molecular flexibility index (Phi) is 7.15. The molecule has 1 amide bonds. The maximum Gasteiger partial charge on any atom is 0.255 e. The Labute approximate surface area is 130 Å². The zero-order valence-electron chi connectivity index (χ0n) is 11.9.